The maximum atomic E-state index is 13.3. The summed E-state index contributed by atoms with van der Waals surface area (Å²) in [5, 5.41) is 3.15. The Hall–Kier alpha value is -0.690. The molecule has 20 heavy (non-hydrogen) atoms. The van der Waals surface area contributed by atoms with Gasteiger partial charge in [0, 0.05) is 19.6 Å². The Balaban J connectivity index is 0.00000200. The number of likely N-dealkylation sites (N-methyl/N-ethyl adjacent to an activating group) is 1. The molecule has 7 heteroatoms. The number of nitrogens with zero attached hydrogens (tertiary/aromatic N) is 1. The quantitative estimate of drug-likeness (QED) is 0.924. The van der Waals surface area contributed by atoms with Crippen LogP contribution < -0.4 is 5.32 Å². The van der Waals surface area contributed by atoms with Crippen molar-refractivity contribution in [2.75, 3.05) is 20.1 Å². The van der Waals surface area contributed by atoms with Gasteiger partial charge in [0.15, 0.2) is 0 Å². The van der Waals surface area contributed by atoms with Crippen LogP contribution >= 0.6 is 12.4 Å². The summed E-state index contributed by atoms with van der Waals surface area (Å²) in [6.45, 7) is 4.74. The molecule has 0 bridgehead atoms. The fourth-order valence-electron chi connectivity index (χ4n) is 2.59. The normalized spacial score (nSPS) is 19.1. The Morgan fingerprint density at radius 2 is 1.85 bits per heavy atom. The van der Waals surface area contributed by atoms with E-state index < -0.39 is 15.8 Å². The highest BCUT2D eigenvalue weighted by molar-refractivity contribution is 7.89. The number of nitrogens with one attached hydrogen (secondary N) is 1. The summed E-state index contributed by atoms with van der Waals surface area (Å²) >= 11 is 0. The van der Waals surface area contributed by atoms with Gasteiger partial charge >= 0.3 is 0 Å². The van der Waals surface area contributed by atoms with Gasteiger partial charge in [-0.25, -0.2) is 12.8 Å². The van der Waals surface area contributed by atoms with E-state index in [1.807, 2.05) is 0 Å². The molecule has 4 nitrogen and oxygen atoms in total. The Morgan fingerprint density at radius 1 is 1.30 bits per heavy atom. The van der Waals surface area contributed by atoms with E-state index in [2.05, 4.69) is 5.32 Å². The second kappa shape index (κ2) is 6.39. The van der Waals surface area contributed by atoms with Gasteiger partial charge in [-0.3, -0.25) is 0 Å². The number of sulfonamides is 1. The van der Waals surface area contributed by atoms with Crippen LogP contribution in [0.3, 0.4) is 0 Å². The molecular formula is C13H20ClFN2O2S. The maximum Gasteiger partial charge on any atom is 0.243 e. The van der Waals surface area contributed by atoms with Crippen LogP contribution in [0.25, 0.3) is 0 Å². The Kier molecular flexibility index (Phi) is 5.54. The zero-order valence-electron chi connectivity index (χ0n) is 11.8. The van der Waals surface area contributed by atoms with Crippen LogP contribution in [0, 0.1) is 19.7 Å². The van der Waals surface area contributed by atoms with Gasteiger partial charge in [-0.05, 0) is 50.1 Å². The zero-order valence-corrected chi connectivity index (χ0v) is 13.4. The van der Waals surface area contributed by atoms with Crippen LogP contribution in [0.1, 0.15) is 17.5 Å². The highest BCUT2D eigenvalue weighted by Crippen LogP contribution is 2.26. The van der Waals surface area contributed by atoms with Gasteiger partial charge in [0.25, 0.3) is 0 Å². The fraction of sp³-hybridized carbons (Fsp3) is 0.538. The topological polar surface area (TPSA) is 49.4 Å². The molecule has 0 aliphatic carbocycles. The number of aryl methyl sites for hydroxylation is 2. The summed E-state index contributed by atoms with van der Waals surface area (Å²) in [4.78, 5) is 0.225. The summed E-state index contributed by atoms with van der Waals surface area (Å²) < 4.78 is 40.0. The van der Waals surface area contributed by atoms with Crippen LogP contribution in [0.4, 0.5) is 4.39 Å². The van der Waals surface area contributed by atoms with Crippen molar-refractivity contribution in [2.24, 2.45) is 0 Å². The first-order valence-corrected chi connectivity index (χ1v) is 7.73. The van der Waals surface area contributed by atoms with Crippen molar-refractivity contribution >= 4 is 22.4 Å². The van der Waals surface area contributed by atoms with Gasteiger partial charge in [-0.1, -0.05) is 0 Å². The third-order valence-corrected chi connectivity index (χ3v) is 5.83. The van der Waals surface area contributed by atoms with Crippen molar-refractivity contribution in [3.05, 3.63) is 29.1 Å². The molecule has 1 heterocycles. The van der Waals surface area contributed by atoms with E-state index in [9.17, 15) is 12.8 Å². The molecular weight excluding hydrogens is 303 g/mol. The molecule has 1 aliphatic rings. The lowest BCUT2D eigenvalue weighted by molar-refractivity contribution is 0.387. The maximum absolute atomic E-state index is 13.3. The molecule has 1 aromatic rings. The summed E-state index contributed by atoms with van der Waals surface area (Å²) in [6.07, 6.45) is 0.801. The van der Waals surface area contributed by atoms with Crippen molar-refractivity contribution < 1.29 is 12.8 Å². The zero-order chi connectivity index (χ0) is 14.2. The summed E-state index contributed by atoms with van der Waals surface area (Å²) in [6, 6.07) is 2.50. The monoisotopic (exact) mass is 322 g/mol. The Morgan fingerprint density at radius 3 is 2.30 bits per heavy atom. The van der Waals surface area contributed by atoms with Gasteiger partial charge < -0.3 is 5.32 Å². The molecule has 1 aromatic carbocycles. The lowest BCUT2D eigenvalue weighted by atomic mass is 10.1. The van der Waals surface area contributed by atoms with Crippen LogP contribution in [-0.2, 0) is 10.0 Å². The minimum Gasteiger partial charge on any atom is -0.315 e. The number of halogens is 2. The van der Waals surface area contributed by atoms with E-state index in [0.29, 0.717) is 17.7 Å². The molecule has 1 N–H and O–H groups in total. The Labute approximate surface area is 125 Å². The smallest absolute Gasteiger partial charge is 0.243 e. The lowest BCUT2D eigenvalue weighted by Crippen LogP contribution is -2.38. The average Bonchev–Trinajstić information content (AvgIpc) is 2.78. The van der Waals surface area contributed by atoms with Gasteiger partial charge in [0.1, 0.15) is 5.82 Å². The van der Waals surface area contributed by atoms with Gasteiger partial charge in [-0.2, -0.15) is 4.31 Å². The molecule has 1 aliphatic heterocycles. The molecule has 0 radical (unpaired) electrons. The number of hydrogen-bond acceptors (Lipinski definition) is 3. The molecule has 2 rings (SSSR count). The number of hydrogen-bond donors (Lipinski definition) is 1. The number of rotatable bonds is 3. The van der Waals surface area contributed by atoms with Crippen molar-refractivity contribution in [3.8, 4) is 0 Å². The molecule has 0 aromatic heterocycles. The van der Waals surface area contributed by atoms with E-state index in [1.165, 1.54) is 16.4 Å². The molecule has 0 amide bonds. The van der Waals surface area contributed by atoms with E-state index >= 15 is 0 Å². The first kappa shape index (κ1) is 17.4. The first-order valence-electron chi connectivity index (χ1n) is 6.29. The predicted molar refractivity (Wildman–Crippen MR) is 79.3 cm³/mol. The number of benzene rings is 1. The third kappa shape index (κ3) is 3.14. The van der Waals surface area contributed by atoms with Crippen molar-refractivity contribution in [1.29, 1.82) is 0 Å². The van der Waals surface area contributed by atoms with E-state index in [4.69, 9.17) is 0 Å². The minimum atomic E-state index is -3.57. The molecule has 1 atom stereocenters. The second-order valence-corrected chi connectivity index (χ2v) is 6.97. The van der Waals surface area contributed by atoms with Gasteiger partial charge in [0.05, 0.1) is 4.90 Å². The highest BCUT2D eigenvalue weighted by atomic mass is 35.5. The van der Waals surface area contributed by atoms with Crippen LogP contribution in [0.2, 0.25) is 0 Å². The average molecular weight is 323 g/mol. The van der Waals surface area contributed by atoms with Gasteiger partial charge in [0.2, 0.25) is 10.0 Å². The second-order valence-electron chi connectivity index (χ2n) is 5.04. The Bertz CT molecular complexity index is 563. The van der Waals surface area contributed by atoms with E-state index in [0.717, 1.165) is 13.0 Å². The van der Waals surface area contributed by atoms with Crippen LogP contribution in [-0.4, -0.2) is 38.9 Å². The summed E-state index contributed by atoms with van der Waals surface area (Å²) in [5.41, 5.74) is 0.908. The first-order chi connectivity index (χ1) is 8.84. The van der Waals surface area contributed by atoms with Crippen LogP contribution in [0.15, 0.2) is 17.0 Å². The third-order valence-electron chi connectivity index (χ3n) is 3.61. The molecule has 1 unspecified atom stereocenters. The standard InChI is InChI=1S/C13H19FN2O2S.ClH/c1-9-6-11(14)7-10(2)13(9)19(17,18)16(3)12-4-5-15-8-12;/h6-7,12,15H,4-5,8H2,1-3H3;1H. The van der Waals surface area contributed by atoms with Gasteiger partial charge in [-0.15, -0.1) is 12.4 Å². The largest absolute Gasteiger partial charge is 0.315 e. The van der Waals surface area contributed by atoms with Crippen molar-refractivity contribution in [2.45, 2.75) is 31.2 Å². The van der Waals surface area contributed by atoms with Crippen molar-refractivity contribution in [1.82, 2.24) is 9.62 Å². The lowest BCUT2D eigenvalue weighted by Gasteiger charge is -2.25. The predicted octanol–water partition coefficient (Wildman–Crippen LogP) is 1.85. The summed E-state index contributed by atoms with van der Waals surface area (Å²) in [7, 11) is -1.98. The summed E-state index contributed by atoms with van der Waals surface area (Å²) in [5.74, 6) is -0.404. The van der Waals surface area contributed by atoms with E-state index in [1.54, 1.807) is 20.9 Å². The SMILES string of the molecule is Cc1cc(F)cc(C)c1S(=O)(=O)N(C)C1CCNC1.Cl. The molecule has 1 saturated heterocycles. The minimum absolute atomic E-state index is 0. The van der Waals surface area contributed by atoms with Crippen LogP contribution in [0.5, 0.6) is 0 Å². The molecule has 114 valence electrons. The fourth-order valence-corrected chi connectivity index (χ4v) is 4.39. The molecule has 1 fully saturated rings. The van der Waals surface area contributed by atoms with Crippen molar-refractivity contribution in [3.63, 3.8) is 0 Å². The molecule has 0 saturated carbocycles. The van der Waals surface area contributed by atoms with E-state index in [-0.39, 0.29) is 23.3 Å². The highest BCUT2D eigenvalue weighted by Gasteiger charge is 2.32. The molecule has 0 spiro atoms.